The van der Waals surface area contributed by atoms with E-state index in [1.807, 2.05) is 0 Å². The zero-order valence-corrected chi connectivity index (χ0v) is 19.6. The standard InChI is InChI=1S/C27H39NO3/c1-14-11-21-24(28-13-14)16(3)27(31-21)10-8-19-20-6-5-17-12-18(29)7-9-26(17,4)23(20)25(30)22(19)15(27)2/h5,14,16,18-21,23-24,28-29H,6-13H2,1-4H3/t14?,16?,18?,19-,20-,21?,23-,24-,26-,27-/m0/s1. The SMILES string of the molecule is CC1=C2C(=O)[C@@H]3[C@@H](CC=C4CC(O)CC[C@@]43C)[C@@H]2CC[C@]12OC1CC(C)CN[C@H]1C2C. The lowest BCUT2D eigenvalue weighted by atomic mass is 9.56. The van der Waals surface area contributed by atoms with Gasteiger partial charge in [-0.3, -0.25) is 4.79 Å². The highest BCUT2D eigenvalue weighted by Gasteiger charge is 2.63. The van der Waals surface area contributed by atoms with Crippen LogP contribution in [0.3, 0.4) is 0 Å². The van der Waals surface area contributed by atoms with Crippen LogP contribution in [0.25, 0.3) is 0 Å². The third-order valence-electron chi connectivity index (χ3n) is 10.6. The van der Waals surface area contributed by atoms with Crippen molar-refractivity contribution in [3.8, 4) is 0 Å². The van der Waals surface area contributed by atoms with E-state index in [1.165, 1.54) is 11.1 Å². The highest BCUT2D eigenvalue weighted by Crippen LogP contribution is 2.63. The highest BCUT2D eigenvalue weighted by atomic mass is 16.5. The monoisotopic (exact) mass is 425 g/mol. The first-order valence-electron chi connectivity index (χ1n) is 12.8. The van der Waals surface area contributed by atoms with Crippen LogP contribution in [0.2, 0.25) is 0 Å². The van der Waals surface area contributed by atoms with Gasteiger partial charge in [-0.15, -0.1) is 0 Å². The number of hydrogen-bond donors (Lipinski definition) is 2. The molecule has 4 fully saturated rings. The van der Waals surface area contributed by atoms with Gasteiger partial charge in [0.05, 0.1) is 17.8 Å². The molecule has 0 aromatic heterocycles. The Morgan fingerprint density at radius 1 is 1.23 bits per heavy atom. The number of rotatable bonds is 0. The van der Waals surface area contributed by atoms with E-state index >= 15 is 0 Å². The number of piperidine rings is 1. The molecule has 0 bridgehead atoms. The molecule has 0 aromatic rings. The third kappa shape index (κ3) is 2.62. The second-order valence-electron chi connectivity index (χ2n) is 12.1. The summed E-state index contributed by atoms with van der Waals surface area (Å²) in [6.07, 6.45) is 9.23. The van der Waals surface area contributed by atoms with E-state index in [1.54, 1.807) is 0 Å². The molecule has 0 radical (unpaired) electrons. The molecule has 4 nitrogen and oxygen atoms in total. The number of hydrogen-bond acceptors (Lipinski definition) is 4. The fourth-order valence-corrected chi connectivity index (χ4v) is 8.93. The molecule has 31 heavy (non-hydrogen) atoms. The van der Waals surface area contributed by atoms with Crippen LogP contribution >= 0.6 is 0 Å². The van der Waals surface area contributed by atoms with E-state index in [0.29, 0.717) is 35.5 Å². The largest absolute Gasteiger partial charge is 0.393 e. The van der Waals surface area contributed by atoms with Gasteiger partial charge in [-0.25, -0.2) is 0 Å². The molecule has 1 spiro atoms. The van der Waals surface area contributed by atoms with Gasteiger partial charge >= 0.3 is 0 Å². The molecule has 0 aromatic carbocycles. The first-order valence-corrected chi connectivity index (χ1v) is 12.8. The van der Waals surface area contributed by atoms with Gasteiger partial charge in [0.25, 0.3) is 0 Å². The normalized spacial score (nSPS) is 53.7. The van der Waals surface area contributed by atoms with Gasteiger partial charge in [0, 0.05) is 23.5 Å². The smallest absolute Gasteiger partial charge is 0.163 e. The number of fused-ring (bicyclic) bond motifs is 6. The second kappa shape index (κ2) is 6.77. The van der Waals surface area contributed by atoms with Crippen LogP contribution in [0.5, 0.6) is 0 Å². The molecule has 10 atom stereocenters. The van der Waals surface area contributed by atoms with E-state index in [2.05, 4.69) is 39.1 Å². The Morgan fingerprint density at radius 2 is 2.03 bits per heavy atom. The summed E-state index contributed by atoms with van der Waals surface area (Å²) >= 11 is 0. The number of ether oxygens (including phenoxy) is 1. The van der Waals surface area contributed by atoms with Crippen molar-refractivity contribution < 1.29 is 14.6 Å². The third-order valence-corrected chi connectivity index (χ3v) is 10.6. The minimum absolute atomic E-state index is 0.0653. The molecule has 4 heteroatoms. The Morgan fingerprint density at radius 3 is 2.84 bits per heavy atom. The molecule has 2 aliphatic heterocycles. The van der Waals surface area contributed by atoms with Crippen molar-refractivity contribution in [2.75, 3.05) is 6.54 Å². The molecule has 4 unspecified atom stereocenters. The molecular formula is C27H39NO3. The van der Waals surface area contributed by atoms with E-state index in [9.17, 15) is 9.90 Å². The molecule has 6 aliphatic rings. The molecule has 4 aliphatic carbocycles. The zero-order chi connectivity index (χ0) is 21.7. The summed E-state index contributed by atoms with van der Waals surface area (Å²) in [7, 11) is 0. The average Bonchev–Trinajstić information content (AvgIpc) is 3.18. The van der Waals surface area contributed by atoms with Gasteiger partial charge in [-0.05, 0) is 87.2 Å². The van der Waals surface area contributed by atoms with Crippen molar-refractivity contribution in [3.63, 3.8) is 0 Å². The number of carbonyl (C=O) groups excluding carboxylic acids is 1. The summed E-state index contributed by atoms with van der Waals surface area (Å²) in [4.78, 5) is 14.1. The predicted molar refractivity (Wildman–Crippen MR) is 120 cm³/mol. The van der Waals surface area contributed by atoms with Crippen molar-refractivity contribution in [2.24, 2.45) is 35.0 Å². The first kappa shape index (κ1) is 20.6. The summed E-state index contributed by atoms with van der Waals surface area (Å²) in [5, 5.41) is 14.0. The summed E-state index contributed by atoms with van der Waals surface area (Å²) in [6, 6.07) is 0.410. The van der Waals surface area contributed by atoms with Crippen molar-refractivity contribution in [1.29, 1.82) is 0 Å². The van der Waals surface area contributed by atoms with Crippen molar-refractivity contribution >= 4 is 5.78 Å². The number of carbonyl (C=O) groups is 1. The maximum absolute atomic E-state index is 14.1. The molecule has 2 N–H and O–H groups in total. The van der Waals surface area contributed by atoms with Crippen LogP contribution in [-0.2, 0) is 9.53 Å². The van der Waals surface area contributed by atoms with Gasteiger partial charge < -0.3 is 15.2 Å². The number of aliphatic hydroxyl groups is 1. The van der Waals surface area contributed by atoms with Gasteiger partial charge in [0.2, 0.25) is 0 Å². The zero-order valence-electron chi connectivity index (χ0n) is 19.6. The topological polar surface area (TPSA) is 58.6 Å². The maximum Gasteiger partial charge on any atom is 0.163 e. The number of ketones is 1. The lowest BCUT2D eigenvalue weighted by molar-refractivity contribution is -0.123. The predicted octanol–water partition coefficient (Wildman–Crippen LogP) is 4.18. The number of allylic oxidation sites excluding steroid dienone is 2. The van der Waals surface area contributed by atoms with Crippen LogP contribution < -0.4 is 5.32 Å². The highest BCUT2D eigenvalue weighted by molar-refractivity contribution is 6.02. The lowest BCUT2D eigenvalue weighted by Crippen LogP contribution is -2.49. The molecule has 2 saturated heterocycles. The number of nitrogens with one attached hydrogen (secondary N) is 1. The summed E-state index contributed by atoms with van der Waals surface area (Å²) in [5.74, 6) is 2.41. The molecule has 0 amide bonds. The first-order chi connectivity index (χ1) is 14.8. The Bertz CT molecular complexity index is 876. The fraction of sp³-hybridized carbons (Fsp3) is 0.815. The Kier molecular flexibility index (Phi) is 4.51. The van der Waals surface area contributed by atoms with Gasteiger partial charge in [-0.2, -0.15) is 0 Å². The lowest BCUT2D eigenvalue weighted by Gasteiger charge is -2.48. The summed E-state index contributed by atoms with van der Waals surface area (Å²) in [6.45, 7) is 10.3. The van der Waals surface area contributed by atoms with E-state index in [-0.39, 0.29) is 29.1 Å². The van der Waals surface area contributed by atoms with Crippen LogP contribution in [0.4, 0.5) is 0 Å². The van der Waals surface area contributed by atoms with E-state index in [4.69, 9.17) is 4.74 Å². The fourth-order valence-electron chi connectivity index (χ4n) is 8.93. The summed E-state index contributed by atoms with van der Waals surface area (Å²) in [5.41, 5.74) is 3.43. The van der Waals surface area contributed by atoms with E-state index in [0.717, 1.165) is 57.1 Å². The van der Waals surface area contributed by atoms with Gasteiger partial charge in [-0.1, -0.05) is 32.4 Å². The van der Waals surface area contributed by atoms with Crippen LogP contribution in [0.15, 0.2) is 22.8 Å². The quantitative estimate of drug-likeness (QED) is 0.572. The van der Waals surface area contributed by atoms with E-state index < -0.39 is 0 Å². The Labute approximate surface area is 186 Å². The minimum Gasteiger partial charge on any atom is -0.393 e. The van der Waals surface area contributed by atoms with Gasteiger partial charge in [0.1, 0.15) is 0 Å². The van der Waals surface area contributed by atoms with Crippen LogP contribution in [-0.4, -0.2) is 41.3 Å². The van der Waals surface area contributed by atoms with Crippen molar-refractivity contribution in [2.45, 2.75) is 96.5 Å². The Balaban J connectivity index is 1.39. The molecule has 2 heterocycles. The minimum atomic E-state index is -0.263. The van der Waals surface area contributed by atoms with Crippen molar-refractivity contribution in [3.05, 3.63) is 22.8 Å². The molecular weight excluding hydrogens is 386 g/mol. The number of aliphatic hydroxyl groups excluding tert-OH is 1. The number of Topliss-reactive ketones (excluding diaryl/α,β-unsaturated/α-hetero) is 1. The van der Waals surface area contributed by atoms with Crippen molar-refractivity contribution in [1.82, 2.24) is 5.32 Å². The molecule has 2 saturated carbocycles. The molecule has 6 rings (SSSR count). The average molecular weight is 426 g/mol. The van der Waals surface area contributed by atoms with Crippen LogP contribution in [0, 0.1) is 35.0 Å². The summed E-state index contributed by atoms with van der Waals surface area (Å²) < 4.78 is 6.93. The van der Waals surface area contributed by atoms with Gasteiger partial charge in [0.15, 0.2) is 5.78 Å². The molecule has 170 valence electrons. The maximum atomic E-state index is 14.1. The Hall–Kier alpha value is -0.970. The second-order valence-corrected chi connectivity index (χ2v) is 12.1. The van der Waals surface area contributed by atoms with Crippen LogP contribution in [0.1, 0.15) is 72.6 Å².